The number of aliphatic hydroxyl groups excluding tert-OH is 1. The predicted molar refractivity (Wildman–Crippen MR) is 262 cm³/mol. The number of urea groups is 2. The van der Waals surface area contributed by atoms with Crippen molar-refractivity contribution in [1.82, 2.24) is 26.2 Å². The summed E-state index contributed by atoms with van der Waals surface area (Å²) in [6.07, 6.45) is 14.2. The van der Waals surface area contributed by atoms with Gasteiger partial charge in [0, 0.05) is 95.5 Å². The number of Topliss-reactive ketones (excluding diaryl/α,β-unsaturated/α-hetero) is 1. The fourth-order valence-electron chi connectivity index (χ4n) is 11.1. The van der Waals surface area contributed by atoms with E-state index >= 15 is 0 Å². The van der Waals surface area contributed by atoms with Gasteiger partial charge in [-0.05, 0) is 103 Å². The topological polar surface area (TPSA) is 185 Å². The molecule has 2 unspecified atom stereocenters. The molecule has 0 spiro atoms. The summed E-state index contributed by atoms with van der Waals surface area (Å²) in [7, 11) is 0. The first kappa shape index (κ1) is 48.5. The maximum absolute atomic E-state index is 14.8. The molecule has 6 N–H and O–H groups in total. The van der Waals surface area contributed by atoms with Crippen LogP contribution < -0.4 is 31.5 Å². The van der Waals surface area contributed by atoms with Crippen LogP contribution >= 0.6 is 0 Å². The van der Waals surface area contributed by atoms with Crippen molar-refractivity contribution in [2.45, 2.75) is 188 Å². The van der Waals surface area contributed by atoms with Gasteiger partial charge in [-0.3, -0.25) is 14.4 Å². The summed E-state index contributed by atoms with van der Waals surface area (Å²) in [5.74, 6) is -1.49. The lowest BCUT2D eigenvalue weighted by Crippen LogP contribution is -2.43. The van der Waals surface area contributed by atoms with Gasteiger partial charge in [0.2, 0.25) is 17.6 Å². The molecule has 3 fully saturated rings. The molecule has 7 rings (SSSR count). The summed E-state index contributed by atoms with van der Waals surface area (Å²) in [6.45, 7) is 21.7. The number of fused-ring (bicyclic) bond motifs is 2. The highest BCUT2D eigenvalue weighted by Gasteiger charge is 2.49. The number of benzene rings is 1. The summed E-state index contributed by atoms with van der Waals surface area (Å²) < 4.78 is 0. The standard InChI is InChI=1S/C52H74N8O6/c1-29(2)59-31(5)51(7,8)37-25-35(39(27-41(37)59)57-43(61)21-23-53-49(65)55-33-17-13-11-14-18-33)45-47(63)46(48(45)64)36-26-38-42(60(30(3)4)32(6)52(38,9)10)28-40(36)58-44(62)22-24-54-50(66)56-34-19-15-12-16-20-34/h25-34,63H,11-24H2,1-10H3,(H,57,61)(H2,53,55,65)(H2,54,56,66). The second-order valence-corrected chi connectivity index (χ2v) is 21.1. The number of carbonyl (C=O) groups is 5. The number of ketones is 1. The van der Waals surface area contributed by atoms with Crippen LogP contribution in [0.5, 0.6) is 0 Å². The zero-order valence-electron chi connectivity index (χ0n) is 41.0. The average Bonchev–Trinajstić information content (AvgIpc) is 3.57. The van der Waals surface area contributed by atoms with Gasteiger partial charge in [0.25, 0.3) is 0 Å². The molecule has 2 atom stereocenters. The summed E-state index contributed by atoms with van der Waals surface area (Å²) in [5, 5.41) is 27.0. The Morgan fingerprint density at radius 1 is 0.742 bits per heavy atom. The van der Waals surface area contributed by atoms with E-state index in [0.717, 1.165) is 73.9 Å². The molecule has 4 aliphatic carbocycles. The Kier molecular flexibility index (Phi) is 14.3. The number of nitrogens with zero attached hydrogens (tertiary/aromatic N) is 3. The number of allylic oxidation sites excluding steroid dienone is 6. The maximum Gasteiger partial charge on any atom is 0.315 e. The monoisotopic (exact) mass is 907 g/mol. The molecule has 0 aromatic heterocycles. The molecule has 0 radical (unpaired) electrons. The van der Waals surface area contributed by atoms with E-state index in [1.54, 1.807) is 0 Å². The van der Waals surface area contributed by atoms with Crippen LogP contribution in [0.15, 0.2) is 57.5 Å². The number of rotatable bonds is 12. The van der Waals surface area contributed by atoms with E-state index in [1.807, 2.05) is 24.3 Å². The van der Waals surface area contributed by atoms with Crippen molar-refractivity contribution >= 4 is 52.3 Å². The van der Waals surface area contributed by atoms with E-state index in [-0.39, 0.29) is 114 Å². The van der Waals surface area contributed by atoms with Crippen LogP contribution in [-0.4, -0.2) is 94.7 Å². The number of anilines is 2. The van der Waals surface area contributed by atoms with E-state index in [4.69, 9.17) is 0 Å². The highest BCUT2D eigenvalue weighted by atomic mass is 16.3. The van der Waals surface area contributed by atoms with E-state index in [1.165, 1.54) is 12.8 Å². The molecule has 66 heavy (non-hydrogen) atoms. The van der Waals surface area contributed by atoms with Crippen molar-refractivity contribution in [3.8, 4) is 0 Å². The van der Waals surface area contributed by atoms with Crippen LogP contribution in [0.2, 0.25) is 0 Å². The fourth-order valence-corrected chi connectivity index (χ4v) is 11.1. The lowest BCUT2D eigenvalue weighted by atomic mass is 9.73. The first-order valence-electron chi connectivity index (χ1n) is 24.6. The van der Waals surface area contributed by atoms with Gasteiger partial charge in [-0.25, -0.2) is 14.6 Å². The first-order chi connectivity index (χ1) is 31.2. The number of aliphatic hydroxyl groups is 1. The molecule has 14 nitrogen and oxygen atoms in total. The van der Waals surface area contributed by atoms with Gasteiger partial charge >= 0.3 is 12.1 Å². The third-order valence-electron chi connectivity index (χ3n) is 15.4. The number of nitrogens with one attached hydrogen (secondary N) is 5. The molecule has 1 saturated heterocycles. The molecule has 358 valence electrons. The van der Waals surface area contributed by atoms with Crippen molar-refractivity contribution in [2.24, 2.45) is 10.4 Å². The Labute approximate surface area is 391 Å². The van der Waals surface area contributed by atoms with Gasteiger partial charge in [0.1, 0.15) is 5.76 Å². The van der Waals surface area contributed by atoms with Gasteiger partial charge < -0.3 is 41.5 Å². The smallest absolute Gasteiger partial charge is 0.315 e. The minimum absolute atomic E-state index is 0.00289. The SMILES string of the molecule is CC(C)N1C2=CC(=NC(=O)CCNC(=O)NC3CCCCC3)C(=C3C(=O)C(c4cc5c(cc4NC(=O)CCNC(=O)NC4CCCCC4)N(C(C)C)C(C)C5(C)C)=C3O)C=C2C(C)(C)C1C. The Bertz CT molecular complexity index is 2290. The van der Waals surface area contributed by atoms with Crippen LogP contribution in [-0.2, 0) is 19.8 Å². The summed E-state index contributed by atoms with van der Waals surface area (Å²) in [4.78, 5) is 76.7. The second kappa shape index (κ2) is 19.4. The highest BCUT2D eigenvalue weighted by molar-refractivity contribution is 6.42. The summed E-state index contributed by atoms with van der Waals surface area (Å²) in [5.41, 5.74) is 4.64. The number of hydrogen-bond acceptors (Lipinski definition) is 8. The van der Waals surface area contributed by atoms with Crippen LogP contribution in [0.3, 0.4) is 0 Å². The molecule has 1 aromatic rings. The molecular weight excluding hydrogens is 833 g/mol. The number of carbonyl (C=O) groups excluding carboxylic acids is 5. The Hall–Kier alpha value is -5.40. The molecular formula is C52H74N8O6. The second-order valence-electron chi connectivity index (χ2n) is 21.1. The van der Waals surface area contributed by atoms with Crippen molar-refractivity contribution in [3.63, 3.8) is 0 Å². The zero-order chi connectivity index (χ0) is 47.8. The molecule has 14 heteroatoms. The van der Waals surface area contributed by atoms with Crippen LogP contribution in [0, 0.1) is 5.41 Å². The third kappa shape index (κ3) is 9.56. The average molecular weight is 907 g/mol. The van der Waals surface area contributed by atoms with Crippen molar-refractivity contribution in [1.29, 1.82) is 0 Å². The maximum atomic E-state index is 14.8. The molecule has 6 amide bonds. The number of hydrogen-bond donors (Lipinski definition) is 6. The van der Waals surface area contributed by atoms with Crippen molar-refractivity contribution in [3.05, 3.63) is 63.6 Å². The number of likely N-dealkylation sites (tertiary alicyclic amines) is 1. The fraction of sp³-hybridized carbons (Fsp3) is 0.615. The van der Waals surface area contributed by atoms with Crippen LogP contribution in [0.1, 0.15) is 157 Å². The van der Waals surface area contributed by atoms with Gasteiger partial charge in [0.05, 0.1) is 22.5 Å². The minimum Gasteiger partial charge on any atom is -0.506 e. The van der Waals surface area contributed by atoms with Crippen LogP contribution in [0.4, 0.5) is 21.0 Å². The zero-order valence-corrected chi connectivity index (χ0v) is 41.0. The molecule has 2 saturated carbocycles. The largest absolute Gasteiger partial charge is 0.506 e. The Balaban J connectivity index is 1.22. The van der Waals surface area contributed by atoms with E-state index in [9.17, 15) is 29.1 Å². The van der Waals surface area contributed by atoms with Gasteiger partial charge in [0.15, 0.2) is 0 Å². The summed E-state index contributed by atoms with van der Waals surface area (Å²) >= 11 is 0. The highest BCUT2D eigenvalue weighted by Crippen LogP contribution is 2.53. The van der Waals surface area contributed by atoms with E-state index < -0.39 is 11.7 Å². The normalized spacial score (nSPS) is 24.5. The van der Waals surface area contributed by atoms with Gasteiger partial charge in [-0.1, -0.05) is 66.2 Å². The Morgan fingerprint density at radius 2 is 1.29 bits per heavy atom. The lowest BCUT2D eigenvalue weighted by molar-refractivity contribution is -0.118. The predicted octanol–water partition coefficient (Wildman–Crippen LogP) is 8.64. The Morgan fingerprint density at radius 3 is 1.83 bits per heavy atom. The molecule has 0 bridgehead atoms. The molecule has 1 aromatic carbocycles. The van der Waals surface area contributed by atoms with Gasteiger partial charge in [-0.15, -0.1) is 0 Å². The molecule has 6 aliphatic rings. The van der Waals surface area contributed by atoms with Gasteiger partial charge in [-0.2, -0.15) is 0 Å². The number of amides is 6. The van der Waals surface area contributed by atoms with E-state index in [0.29, 0.717) is 16.8 Å². The minimum atomic E-state index is -0.470. The van der Waals surface area contributed by atoms with Crippen molar-refractivity contribution in [2.75, 3.05) is 23.3 Å². The third-order valence-corrected chi connectivity index (χ3v) is 15.4. The molecule has 2 heterocycles. The number of aliphatic imine (C=N–C) groups is 1. The molecule has 2 aliphatic heterocycles. The summed E-state index contributed by atoms with van der Waals surface area (Å²) in [6, 6.07) is 3.94. The van der Waals surface area contributed by atoms with Crippen LogP contribution in [0.25, 0.3) is 5.57 Å². The van der Waals surface area contributed by atoms with Crippen molar-refractivity contribution < 1.29 is 29.1 Å². The quantitative estimate of drug-likeness (QED) is 0.113. The lowest BCUT2D eigenvalue weighted by Gasteiger charge is -2.34. The van der Waals surface area contributed by atoms with E-state index in [2.05, 4.69) is 111 Å². The first-order valence-corrected chi connectivity index (χ1v) is 24.6.